The molecule has 2 N–H and O–H groups in total. The van der Waals surface area contributed by atoms with Crippen molar-refractivity contribution in [1.82, 2.24) is 9.80 Å². The van der Waals surface area contributed by atoms with E-state index in [0.717, 1.165) is 63.0 Å². The maximum absolute atomic E-state index is 10.7. The standard InChI is InChI=1S/C19H29N3O2/c1-3-6-19(24)22-13-10-17(11-14-22)21(2)12-9-16-7-4-5-8-18(16)20-15-23/h4-8,15,17,24H,3,9-14H2,1-2H3,(H,20,23)/b19-6+. The summed E-state index contributed by atoms with van der Waals surface area (Å²) in [6.07, 6.45) is 6.50. The maximum atomic E-state index is 10.7. The lowest BCUT2D eigenvalue weighted by Gasteiger charge is -2.37. The van der Waals surface area contributed by atoms with E-state index in [4.69, 9.17) is 0 Å². The highest BCUT2D eigenvalue weighted by atomic mass is 16.3. The van der Waals surface area contributed by atoms with Crippen LogP contribution in [-0.4, -0.2) is 54.0 Å². The van der Waals surface area contributed by atoms with Gasteiger partial charge in [0.2, 0.25) is 6.41 Å². The van der Waals surface area contributed by atoms with Crippen LogP contribution in [-0.2, 0) is 11.2 Å². The van der Waals surface area contributed by atoms with Gasteiger partial charge in [0.05, 0.1) is 0 Å². The summed E-state index contributed by atoms with van der Waals surface area (Å²) in [4.78, 5) is 15.2. The fourth-order valence-electron chi connectivity index (χ4n) is 3.27. The molecule has 1 aliphatic rings. The van der Waals surface area contributed by atoms with Crippen molar-refractivity contribution in [2.75, 3.05) is 32.0 Å². The first-order valence-corrected chi connectivity index (χ1v) is 8.78. The number of allylic oxidation sites excluding steroid dienone is 1. The van der Waals surface area contributed by atoms with Crippen LogP contribution in [0.25, 0.3) is 0 Å². The zero-order valence-corrected chi connectivity index (χ0v) is 14.7. The molecule has 0 bridgehead atoms. The summed E-state index contributed by atoms with van der Waals surface area (Å²) >= 11 is 0. The van der Waals surface area contributed by atoms with E-state index in [-0.39, 0.29) is 0 Å². The molecule has 0 spiro atoms. The molecule has 1 amide bonds. The Balaban J connectivity index is 1.83. The quantitative estimate of drug-likeness (QED) is 0.568. The fraction of sp³-hybridized carbons (Fsp3) is 0.526. The normalized spacial score (nSPS) is 16.5. The van der Waals surface area contributed by atoms with Crippen LogP contribution in [0.15, 0.2) is 36.2 Å². The molecule has 1 aromatic rings. The molecule has 1 aromatic carbocycles. The Hall–Kier alpha value is -2.01. The van der Waals surface area contributed by atoms with Crippen LogP contribution in [0.1, 0.15) is 31.7 Å². The first kappa shape index (κ1) is 18.3. The van der Waals surface area contributed by atoms with Crippen molar-refractivity contribution in [3.63, 3.8) is 0 Å². The maximum Gasteiger partial charge on any atom is 0.211 e. The summed E-state index contributed by atoms with van der Waals surface area (Å²) in [5, 5.41) is 12.7. The van der Waals surface area contributed by atoms with Gasteiger partial charge in [0.25, 0.3) is 0 Å². The Labute approximate surface area is 145 Å². The highest BCUT2D eigenvalue weighted by molar-refractivity contribution is 5.73. The molecule has 0 aromatic heterocycles. The Bertz CT molecular complexity index is 551. The van der Waals surface area contributed by atoms with Crippen molar-refractivity contribution in [3.05, 3.63) is 41.8 Å². The van der Waals surface area contributed by atoms with Crippen LogP contribution < -0.4 is 5.32 Å². The molecule has 132 valence electrons. The van der Waals surface area contributed by atoms with Crippen LogP contribution in [0, 0.1) is 0 Å². The molecule has 0 atom stereocenters. The third-order valence-electron chi connectivity index (χ3n) is 4.76. The number of nitrogens with one attached hydrogen (secondary N) is 1. The Kier molecular flexibility index (Phi) is 7.12. The lowest BCUT2D eigenvalue weighted by Crippen LogP contribution is -2.43. The van der Waals surface area contributed by atoms with Crippen LogP contribution in [0.4, 0.5) is 5.69 Å². The minimum atomic E-state index is 0.424. The van der Waals surface area contributed by atoms with Gasteiger partial charge in [0, 0.05) is 31.4 Å². The molecule has 0 radical (unpaired) electrons. The number of hydrogen-bond acceptors (Lipinski definition) is 4. The van der Waals surface area contributed by atoms with Gasteiger partial charge >= 0.3 is 0 Å². The number of carbonyl (C=O) groups excluding carboxylic acids is 1. The van der Waals surface area contributed by atoms with Crippen LogP contribution in [0.2, 0.25) is 0 Å². The zero-order valence-electron chi connectivity index (χ0n) is 14.7. The monoisotopic (exact) mass is 331 g/mol. The van der Waals surface area contributed by atoms with Crippen molar-refractivity contribution in [2.45, 2.75) is 38.6 Å². The molecule has 0 aliphatic carbocycles. The second-order valence-electron chi connectivity index (χ2n) is 6.34. The number of aliphatic hydroxyl groups is 1. The van der Waals surface area contributed by atoms with Crippen molar-refractivity contribution >= 4 is 12.1 Å². The fourth-order valence-corrected chi connectivity index (χ4v) is 3.27. The number of para-hydroxylation sites is 1. The summed E-state index contributed by atoms with van der Waals surface area (Å²) in [7, 11) is 2.16. The summed E-state index contributed by atoms with van der Waals surface area (Å²) < 4.78 is 0. The first-order valence-electron chi connectivity index (χ1n) is 8.78. The van der Waals surface area contributed by atoms with Gasteiger partial charge < -0.3 is 20.2 Å². The van der Waals surface area contributed by atoms with Gasteiger partial charge in [-0.15, -0.1) is 0 Å². The zero-order chi connectivity index (χ0) is 17.4. The van der Waals surface area contributed by atoms with E-state index >= 15 is 0 Å². The number of likely N-dealkylation sites (N-methyl/N-ethyl adjacent to an activating group) is 1. The lowest BCUT2D eigenvalue weighted by molar-refractivity contribution is -0.105. The average molecular weight is 331 g/mol. The molecular formula is C19H29N3O2. The van der Waals surface area contributed by atoms with Gasteiger partial charge in [0.15, 0.2) is 5.88 Å². The van der Waals surface area contributed by atoms with Crippen molar-refractivity contribution in [2.24, 2.45) is 0 Å². The minimum Gasteiger partial charge on any atom is -0.495 e. The van der Waals surface area contributed by atoms with E-state index in [1.54, 1.807) is 0 Å². The van der Waals surface area contributed by atoms with Crippen molar-refractivity contribution in [3.8, 4) is 0 Å². The summed E-state index contributed by atoms with van der Waals surface area (Å²) in [5.74, 6) is 0.424. The molecule has 5 heteroatoms. The number of amides is 1. The van der Waals surface area contributed by atoms with E-state index in [9.17, 15) is 9.90 Å². The third-order valence-corrected chi connectivity index (χ3v) is 4.76. The third kappa shape index (κ3) is 4.99. The summed E-state index contributed by atoms with van der Waals surface area (Å²) in [6.45, 7) is 4.80. The number of aliphatic hydroxyl groups excluding tert-OH is 1. The molecule has 0 unspecified atom stereocenters. The van der Waals surface area contributed by atoms with E-state index in [1.807, 2.05) is 31.2 Å². The van der Waals surface area contributed by atoms with Crippen LogP contribution in [0.3, 0.4) is 0 Å². The highest BCUT2D eigenvalue weighted by Crippen LogP contribution is 2.20. The van der Waals surface area contributed by atoms with Crippen LogP contribution >= 0.6 is 0 Å². The predicted octanol–water partition coefficient (Wildman–Crippen LogP) is 3.00. The number of anilines is 1. The number of nitrogens with zero attached hydrogens (tertiary/aromatic N) is 2. The number of piperidine rings is 1. The molecule has 2 rings (SSSR count). The van der Waals surface area contributed by atoms with Gasteiger partial charge in [-0.1, -0.05) is 25.1 Å². The molecule has 1 aliphatic heterocycles. The molecule has 1 heterocycles. The topological polar surface area (TPSA) is 55.8 Å². The summed E-state index contributed by atoms with van der Waals surface area (Å²) in [6, 6.07) is 8.49. The Morgan fingerprint density at radius 1 is 1.38 bits per heavy atom. The SMILES string of the molecule is CC/C=C(/O)N1CCC(N(C)CCc2ccccc2NC=O)CC1. The van der Waals surface area contributed by atoms with Crippen molar-refractivity contribution < 1.29 is 9.90 Å². The first-order chi connectivity index (χ1) is 11.7. The molecule has 24 heavy (non-hydrogen) atoms. The van der Waals surface area contributed by atoms with Gasteiger partial charge in [-0.3, -0.25) is 4.79 Å². The van der Waals surface area contributed by atoms with Crippen molar-refractivity contribution in [1.29, 1.82) is 0 Å². The lowest BCUT2D eigenvalue weighted by atomic mass is 10.0. The molecule has 1 saturated heterocycles. The van der Waals surface area contributed by atoms with E-state index < -0.39 is 0 Å². The minimum absolute atomic E-state index is 0.424. The number of carbonyl (C=O) groups is 1. The molecule has 5 nitrogen and oxygen atoms in total. The molecular weight excluding hydrogens is 302 g/mol. The van der Waals surface area contributed by atoms with E-state index in [1.165, 1.54) is 0 Å². The van der Waals surface area contributed by atoms with Gasteiger partial charge in [-0.2, -0.15) is 0 Å². The van der Waals surface area contributed by atoms with E-state index in [0.29, 0.717) is 11.9 Å². The highest BCUT2D eigenvalue weighted by Gasteiger charge is 2.23. The molecule has 0 saturated carbocycles. The number of rotatable bonds is 8. The Morgan fingerprint density at radius 2 is 2.08 bits per heavy atom. The average Bonchev–Trinajstić information content (AvgIpc) is 2.61. The second kappa shape index (κ2) is 9.33. The summed E-state index contributed by atoms with van der Waals surface area (Å²) in [5.41, 5.74) is 2.06. The molecule has 1 fully saturated rings. The van der Waals surface area contributed by atoms with E-state index in [2.05, 4.69) is 28.2 Å². The smallest absolute Gasteiger partial charge is 0.211 e. The Morgan fingerprint density at radius 3 is 2.75 bits per heavy atom. The largest absolute Gasteiger partial charge is 0.495 e. The van der Waals surface area contributed by atoms with Gasteiger partial charge in [-0.05, 0) is 50.4 Å². The predicted molar refractivity (Wildman–Crippen MR) is 98.1 cm³/mol. The number of likely N-dealkylation sites (tertiary alicyclic amines) is 1. The number of benzene rings is 1. The van der Waals surface area contributed by atoms with Gasteiger partial charge in [-0.25, -0.2) is 0 Å². The van der Waals surface area contributed by atoms with Crippen LogP contribution in [0.5, 0.6) is 0 Å². The number of hydrogen-bond donors (Lipinski definition) is 2. The second-order valence-corrected chi connectivity index (χ2v) is 6.34. The van der Waals surface area contributed by atoms with Gasteiger partial charge in [0.1, 0.15) is 0 Å².